The van der Waals surface area contributed by atoms with Crippen LogP contribution in [0.5, 0.6) is 5.75 Å². The van der Waals surface area contributed by atoms with Crippen LogP contribution in [-0.2, 0) is 22.5 Å². The second-order valence-corrected chi connectivity index (χ2v) is 8.60. The molecule has 8 heteroatoms. The molecule has 0 spiro atoms. The van der Waals surface area contributed by atoms with Crippen molar-refractivity contribution in [3.8, 4) is 5.75 Å². The fraction of sp³-hybridized carbons (Fsp3) is 0.320. The van der Waals surface area contributed by atoms with Crippen LogP contribution in [0.4, 0.5) is 0 Å². The van der Waals surface area contributed by atoms with Gasteiger partial charge in [0.05, 0.1) is 23.9 Å². The number of hydrogen-bond donors (Lipinski definition) is 0. The molecule has 0 aliphatic carbocycles. The molecule has 0 fully saturated rings. The molecule has 7 nitrogen and oxygen atoms in total. The van der Waals surface area contributed by atoms with E-state index in [4.69, 9.17) is 13.9 Å². The first-order valence-electron chi connectivity index (χ1n) is 11.0. The van der Waals surface area contributed by atoms with E-state index in [-0.39, 0.29) is 12.3 Å². The number of amides is 1. The number of carbonyl (C=O) groups is 2. The number of para-hydroxylation sites is 1. The third-order valence-electron chi connectivity index (χ3n) is 5.30. The van der Waals surface area contributed by atoms with E-state index in [0.29, 0.717) is 22.7 Å². The molecule has 2 aromatic heterocycles. The molecular weight excluding hydrogens is 440 g/mol. The van der Waals surface area contributed by atoms with Gasteiger partial charge in [0.25, 0.3) is 0 Å². The van der Waals surface area contributed by atoms with Crippen molar-refractivity contribution in [1.29, 1.82) is 0 Å². The fourth-order valence-electron chi connectivity index (χ4n) is 3.64. The Kier molecular flexibility index (Phi) is 6.93. The van der Waals surface area contributed by atoms with Crippen LogP contribution in [0.3, 0.4) is 0 Å². The Morgan fingerprint density at radius 3 is 2.76 bits per heavy atom. The van der Waals surface area contributed by atoms with Crippen molar-refractivity contribution in [1.82, 2.24) is 4.57 Å². The van der Waals surface area contributed by atoms with Gasteiger partial charge in [0.1, 0.15) is 6.54 Å². The Balaban J connectivity index is 1.78. The molecule has 1 amide bonds. The van der Waals surface area contributed by atoms with E-state index in [9.17, 15) is 9.59 Å². The van der Waals surface area contributed by atoms with Gasteiger partial charge in [-0.05, 0) is 49.6 Å². The molecule has 2 heterocycles. The predicted octanol–water partition coefficient (Wildman–Crippen LogP) is 5.10. The maximum atomic E-state index is 13.0. The van der Waals surface area contributed by atoms with Gasteiger partial charge in [-0.2, -0.15) is 4.99 Å². The lowest BCUT2D eigenvalue weighted by Crippen LogP contribution is -2.22. The summed E-state index contributed by atoms with van der Waals surface area (Å²) < 4.78 is 18.9. The van der Waals surface area contributed by atoms with Crippen LogP contribution >= 0.6 is 11.3 Å². The number of hydrogen-bond acceptors (Lipinski definition) is 6. The van der Waals surface area contributed by atoms with Gasteiger partial charge in [0, 0.05) is 5.39 Å². The van der Waals surface area contributed by atoms with Gasteiger partial charge in [-0.1, -0.05) is 42.9 Å². The molecule has 0 radical (unpaired) electrons. The van der Waals surface area contributed by atoms with Crippen molar-refractivity contribution < 1.29 is 23.5 Å². The summed E-state index contributed by atoms with van der Waals surface area (Å²) in [6.07, 6.45) is 3.20. The number of furan rings is 1. The Hall–Kier alpha value is -3.39. The number of rotatable bonds is 8. The summed E-state index contributed by atoms with van der Waals surface area (Å²) in [5, 5.41) is 0.763. The highest BCUT2D eigenvalue weighted by molar-refractivity contribution is 7.16. The monoisotopic (exact) mass is 466 g/mol. The lowest BCUT2D eigenvalue weighted by molar-refractivity contribution is -0.141. The fourth-order valence-corrected chi connectivity index (χ4v) is 4.73. The average molecular weight is 467 g/mol. The van der Waals surface area contributed by atoms with E-state index in [1.807, 2.05) is 25.1 Å². The van der Waals surface area contributed by atoms with Crippen molar-refractivity contribution in [3.63, 3.8) is 0 Å². The predicted molar refractivity (Wildman–Crippen MR) is 128 cm³/mol. The van der Waals surface area contributed by atoms with Crippen LogP contribution in [0.2, 0.25) is 0 Å². The highest BCUT2D eigenvalue weighted by Crippen LogP contribution is 2.29. The quantitative estimate of drug-likeness (QED) is 0.337. The molecule has 33 heavy (non-hydrogen) atoms. The van der Waals surface area contributed by atoms with E-state index in [2.05, 4.69) is 24.0 Å². The molecule has 4 aromatic rings. The van der Waals surface area contributed by atoms with E-state index in [0.717, 1.165) is 34.9 Å². The van der Waals surface area contributed by atoms with Gasteiger partial charge in [-0.15, -0.1) is 0 Å². The maximum absolute atomic E-state index is 13.0. The summed E-state index contributed by atoms with van der Waals surface area (Å²) in [5.74, 6) is -0.243. The molecule has 0 atom stereocenters. The zero-order valence-electron chi connectivity index (χ0n) is 18.9. The number of benzene rings is 2. The van der Waals surface area contributed by atoms with Crippen molar-refractivity contribution in [3.05, 3.63) is 58.6 Å². The Labute approximate surface area is 195 Å². The SMILES string of the molecule is CCCCc1ccc2c(c1)sc(=NC(=O)c1cc3cccc(OCC)c3o1)n2CC(=O)OC. The molecule has 0 saturated carbocycles. The van der Waals surface area contributed by atoms with Crippen LogP contribution < -0.4 is 9.54 Å². The van der Waals surface area contributed by atoms with Gasteiger partial charge in [0.2, 0.25) is 0 Å². The summed E-state index contributed by atoms with van der Waals surface area (Å²) in [7, 11) is 1.34. The van der Waals surface area contributed by atoms with E-state index in [1.165, 1.54) is 24.0 Å². The molecule has 0 N–H and O–H groups in total. The number of unbranched alkanes of at least 4 members (excludes halogenated alkanes) is 1. The first-order valence-corrected chi connectivity index (χ1v) is 11.8. The third kappa shape index (κ3) is 4.85. The Morgan fingerprint density at radius 2 is 2.00 bits per heavy atom. The van der Waals surface area contributed by atoms with Crippen molar-refractivity contribution in [2.45, 2.75) is 39.7 Å². The number of nitrogens with zero attached hydrogens (tertiary/aromatic N) is 2. The molecule has 2 aromatic carbocycles. The Morgan fingerprint density at radius 1 is 1.15 bits per heavy atom. The number of aromatic nitrogens is 1. The summed E-state index contributed by atoms with van der Waals surface area (Å²) in [6.45, 7) is 4.50. The largest absolute Gasteiger partial charge is 0.490 e. The number of thiazole rings is 1. The van der Waals surface area contributed by atoms with Gasteiger partial charge in [-0.3, -0.25) is 9.59 Å². The first kappa shape index (κ1) is 22.8. The standard InChI is InChI=1S/C25H26N2O5S/c1-4-6-8-16-11-12-18-21(13-16)33-25(27(18)15-22(28)30-3)26-24(29)20-14-17-9-7-10-19(31-5-2)23(17)32-20/h7,9-14H,4-6,8,15H2,1-3H3. The van der Waals surface area contributed by atoms with Crippen LogP contribution in [-0.4, -0.2) is 30.2 Å². The molecule has 0 saturated heterocycles. The van der Waals surface area contributed by atoms with Crippen LogP contribution in [0, 0.1) is 0 Å². The van der Waals surface area contributed by atoms with Crippen LogP contribution in [0.25, 0.3) is 21.2 Å². The summed E-state index contributed by atoms with van der Waals surface area (Å²) >= 11 is 1.37. The Bertz CT molecular complexity index is 1380. The zero-order valence-corrected chi connectivity index (χ0v) is 19.7. The molecule has 172 valence electrons. The topological polar surface area (TPSA) is 83.0 Å². The maximum Gasteiger partial charge on any atom is 0.325 e. The second kappa shape index (κ2) is 10.0. The molecule has 0 bridgehead atoms. The van der Waals surface area contributed by atoms with Crippen molar-refractivity contribution in [2.75, 3.05) is 13.7 Å². The van der Waals surface area contributed by atoms with E-state index in [1.54, 1.807) is 16.7 Å². The molecule has 0 unspecified atom stereocenters. The van der Waals surface area contributed by atoms with Crippen LogP contribution in [0.15, 0.2) is 51.9 Å². The molecule has 0 aliphatic rings. The number of methoxy groups -OCH3 is 1. The number of aryl methyl sites for hydroxylation is 1. The highest BCUT2D eigenvalue weighted by atomic mass is 32.1. The smallest absolute Gasteiger partial charge is 0.325 e. The molecular formula is C25H26N2O5S. The average Bonchev–Trinajstić information content (AvgIpc) is 3.40. The second-order valence-electron chi connectivity index (χ2n) is 7.59. The number of fused-ring (bicyclic) bond motifs is 2. The van der Waals surface area contributed by atoms with Crippen molar-refractivity contribution >= 4 is 44.4 Å². The lowest BCUT2D eigenvalue weighted by atomic mass is 10.1. The summed E-state index contributed by atoms with van der Waals surface area (Å²) in [5.41, 5.74) is 2.56. The first-order chi connectivity index (χ1) is 16.0. The van der Waals surface area contributed by atoms with Gasteiger partial charge in [0.15, 0.2) is 21.9 Å². The molecule has 0 aliphatic heterocycles. The number of esters is 1. The van der Waals surface area contributed by atoms with Crippen LogP contribution in [0.1, 0.15) is 42.8 Å². The summed E-state index contributed by atoms with van der Waals surface area (Å²) in [4.78, 5) is 29.8. The van der Waals surface area contributed by atoms with E-state index >= 15 is 0 Å². The van der Waals surface area contributed by atoms with Gasteiger partial charge in [-0.25, -0.2) is 0 Å². The van der Waals surface area contributed by atoms with E-state index < -0.39 is 11.9 Å². The summed E-state index contributed by atoms with van der Waals surface area (Å²) in [6, 6.07) is 13.3. The minimum atomic E-state index is -0.523. The normalized spacial score (nSPS) is 11.9. The minimum Gasteiger partial charge on any atom is -0.490 e. The minimum absolute atomic E-state index is 0.0362. The number of carbonyl (C=O) groups excluding carboxylic acids is 2. The zero-order chi connectivity index (χ0) is 23.4. The third-order valence-corrected chi connectivity index (χ3v) is 6.34. The molecule has 4 rings (SSSR count). The van der Waals surface area contributed by atoms with Crippen molar-refractivity contribution in [2.24, 2.45) is 4.99 Å². The lowest BCUT2D eigenvalue weighted by Gasteiger charge is -2.04. The van der Waals surface area contributed by atoms with Gasteiger partial charge >= 0.3 is 11.9 Å². The van der Waals surface area contributed by atoms with Gasteiger partial charge < -0.3 is 18.5 Å². The number of ether oxygens (including phenoxy) is 2. The highest BCUT2D eigenvalue weighted by Gasteiger charge is 2.17.